The fraction of sp³-hybridized carbons (Fsp3) is 0.667. The highest BCUT2D eigenvalue weighted by Gasteiger charge is 2.29. The van der Waals surface area contributed by atoms with Crippen molar-refractivity contribution in [2.24, 2.45) is 11.3 Å². The molecule has 0 aromatic carbocycles. The summed E-state index contributed by atoms with van der Waals surface area (Å²) in [5.41, 5.74) is 3.36. The molecule has 17 heavy (non-hydrogen) atoms. The van der Waals surface area contributed by atoms with E-state index < -0.39 is 0 Å². The van der Waals surface area contributed by atoms with Crippen LogP contribution in [0.4, 0.5) is 5.82 Å². The zero-order chi connectivity index (χ0) is 13.1. The molecule has 1 atom stereocenters. The summed E-state index contributed by atoms with van der Waals surface area (Å²) in [6.07, 6.45) is -0.139. The quantitative estimate of drug-likeness (QED) is 0.621. The summed E-state index contributed by atoms with van der Waals surface area (Å²) in [5, 5.41) is 0. The molecule has 5 nitrogen and oxygen atoms in total. The number of nitrogens with one attached hydrogen (secondary N) is 1. The lowest BCUT2D eigenvalue weighted by Crippen LogP contribution is -2.24. The first-order chi connectivity index (χ1) is 7.88. The second-order valence-corrected chi connectivity index (χ2v) is 5.10. The normalized spacial score (nSPS) is 13.5. The van der Waals surface area contributed by atoms with Gasteiger partial charge in [-0.15, -0.1) is 0 Å². The van der Waals surface area contributed by atoms with E-state index in [-0.39, 0.29) is 11.5 Å². The zero-order valence-corrected chi connectivity index (χ0v) is 11.2. The maximum absolute atomic E-state index is 5.75. The molecule has 0 bridgehead atoms. The van der Waals surface area contributed by atoms with Gasteiger partial charge in [0.25, 0.3) is 0 Å². The van der Waals surface area contributed by atoms with Gasteiger partial charge in [0.2, 0.25) is 0 Å². The van der Waals surface area contributed by atoms with E-state index in [1.165, 1.54) is 0 Å². The molecule has 1 rings (SSSR count). The molecule has 0 spiro atoms. The summed E-state index contributed by atoms with van der Waals surface area (Å²) in [5.74, 6) is 6.68. The van der Waals surface area contributed by atoms with Crippen molar-refractivity contribution < 1.29 is 4.74 Å². The molecule has 0 fully saturated rings. The number of nitrogens with zero attached hydrogens (tertiary/aromatic N) is 2. The molecule has 96 valence electrons. The molecule has 3 N–H and O–H groups in total. The van der Waals surface area contributed by atoms with Gasteiger partial charge in [0.1, 0.15) is 11.9 Å². The molecule has 0 aliphatic carbocycles. The van der Waals surface area contributed by atoms with E-state index in [1.807, 2.05) is 13.8 Å². The molecule has 1 aromatic rings. The summed E-state index contributed by atoms with van der Waals surface area (Å²) in [7, 11) is 0. The van der Waals surface area contributed by atoms with Crippen LogP contribution in [-0.2, 0) is 4.74 Å². The number of anilines is 1. The van der Waals surface area contributed by atoms with Crippen LogP contribution < -0.4 is 11.3 Å². The highest BCUT2D eigenvalue weighted by molar-refractivity contribution is 5.34. The van der Waals surface area contributed by atoms with Crippen molar-refractivity contribution >= 4 is 5.82 Å². The van der Waals surface area contributed by atoms with Crippen molar-refractivity contribution in [3.63, 3.8) is 0 Å². The lowest BCUT2D eigenvalue weighted by atomic mass is 9.88. The van der Waals surface area contributed by atoms with E-state index in [4.69, 9.17) is 10.6 Å². The minimum absolute atomic E-state index is 0.0598. The molecule has 0 aliphatic heterocycles. The first kappa shape index (κ1) is 13.9. The summed E-state index contributed by atoms with van der Waals surface area (Å²) >= 11 is 0. The predicted molar refractivity (Wildman–Crippen MR) is 68.4 cm³/mol. The van der Waals surface area contributed by atoms with Crippen molar-refractivity contribution in [2.75, 3.05) is 12.0 Å². The third-order valence-corrected chi connectivity index (χ3v) is 2.37. The number of aromatic nitrogens is 2. The topological polar surface area (TPSA) is 73.1 Å². The Labute approximate surface area is 103 Å². The molecule has 1 unspecified atom stereocenters. The van der Waals surface area contributed by atoms with E-state index in [1.54, 1.807) is 6.07 Å². The zero-order valence-electron chi connectivity index (χ0n) is 11.2. The largest absolute Gasteiger partial charge is 0.370 e. The Morgan fingerprint density at radius 2 is 2.06 bits per heavy atom. The van der Waals surface area contributed by atoms with Crippen molar-refractivity contribution in [3.05, 3.63) is 17.6 Å². The number of rotatable bonds is 4. The predicted octanol–water partition coefficient (Wildman–Crippen LogP) is 2.19. The fourth-order valence-electron chi connectivity index (χ4n) is 1.66. The van der Waals surface area contributed by atoms with Gasteiger partial charge in [-0.2, -0.15) is 0 Å². The van der Waals surface area contributed by atoms with Crippen LogP contribution in [0.3, 0.4) is 0 Å². The van der Waals surface area contributed by atoms with Gasteiger partial charge in [-0.25, -0.2) is 15.8 Å². The Bertz CT molecular complexity index is 373. The minimum Gasteiger partial charge on any atom is -0.370 e. The molecule has 1 heterocycles. The van der Waals surface area contributed by atoms with Gasteiger partial charge in [0, 0.05) is 18.4 Å². The second-order valence-electron chi connectivity index (χ2n) is 5.10. The number of hydrazine groups is 1. The number of nitrogens with two attached hydrogens (primary N) is 1. The average molecular weight is 238 g/mol. The maximum Gasteiger partial charge on any atom is 0.160 e. The Morgan fingerprint density at radius 1 is 1.41 bits per heavy atom. The van der Waals surface area contributed by atoms with Gasteiger partial charge in [0.05, 0.1) is 0 Å². The van der Waals surface area contributed by atoms with Crippen molar-refractivity contribution in [1.82, 2.24) is 9.97 Å². The first-order valence-corrected chi connectivity index (χ1v) is 5.82. The molecular formula is C12H22N4O. The van der Waals surface area contributed by atoms with E-state index in [9.17, 15) is 0 Å². The monoisotopic (exact) mass is 238 g/mol. The molecule has 0 saturated heterocycles. The van der Waals surface area contributed by atoms with Crippen LogP contribution in [0, 0.1) is 12.3 Å². The van der Waals surface area contributed by atoms with E-state index in [0.29, 0.717) is 18.2 Å². The van der Waals surface area contributed by atoms with Gasteiger partial charge < -0.3 is 10.2 Å². The number of aryl methyl sites for hydroxylation is 1. The van der Waals surface area contributed by atoms with Crippen molar-refractivity contribution in [2.45, 2.75) is 40.7 Å². The molecule has 0 radical (unpaired) electrons. The second kappa shape index (κ2) is 5.42. The van der Waals surface area contributed by atoms with Crippen molar-refractivity contribution in [1.29, 1.82) is 0 Å². The summed E-state index contributed by atoms with van der Waals surface area (Å²) in [6.45, 7) is 10.8. The molecule has 1 aromatic heterocycles. The molecule has 0 saturated carbocycles. The van der Waals surface area contributed by atoms with Gasteiger partial charge in [-0.05, 0) is 19.3 Å². The van der Waals surface area contributed by atoms with Gasteiger partial charge in [0.15, 0.2) is 5.82 Å². The number of hydrogen-bond donors (Lipinski definition) is 2. The number of ether oxygens (including phenoxy) is 1. The van der Waals surface area contributed by atoms with Crippen LogP contribution in [0.2, 0.25) is 0 Å². The van der Waals surface area contributed by atoms with Crippen LogP contribution in [0.15, 0.2) is 6.07 Å². The van der Waals surface area contributed by atoms with Crippen LogP contribution >= 0.6 is 0 Å². The Balaban J connectivity index is 3.13. The van der Waals surface area contributed by atoms with E-state index in [2.05, 4.69) is 36.2 Å². The Kier molecular flexibility index (Phi) is 4.42. The third-order valence-electron chi connectivity index (χ3n) is 2.37. The SMILES string of the molecule is CCOC(c1nc(C)cc(NN)n1)C(C)(C)C. The fourth-order valence-corrected chi connectivity index (χ4v) is 1.66. The van der Waals surface area contributed by atoms with Gasteiger partial charge in [-0.3, -0.25) is 0 Å². The summed E-state index contributed by atoms with van der Waals surface area (Å²) in [4.78, 5) is 8.80. The molecule has 5 heteroatoms. The van der Waals surface area contributed by atoms with Crippen LogP contribution in [-0.4, -0.2) is 16.6 Å². The Hall–Kier alpha value is -1.20. The van der Waals surface area contributed by atoms with Crippen molar-refractivity contribution in [3.8, 4) is 0 Å². The highest BCUT2D eigenvalue weighted by Crippen LogP contribution is 2.34. The number of nitrogen functional groups attached to an aromatic ring is 1. The highest BCUT2D eigenvalue weighted by atomic mass is 16.5. The van der Waals surface area contributed by atoms with Crippen LogP contribution in [0.1, 0.15) is 45.3 Å². The lowest BCUT2D eigenvalue weighted by Gasteiger charge is -2.29. The molecular weight excluding hydrogens is 216 g/mol. The first-order valence-electron chi connectivity index (χ1n) is 5.82. The summed E-state index contributed by atoms with van der Waals surface area (Å²) < 4.78 is 5.75. The lowest BCUT2D eigenvalue weighted by molar-refractivity contribution is -0.0191. The maximum atomic E-state index is 5.75. The standard InChI is InChI=1S/C12H22N4O/c1-6-17-10(12(3,4)5)11-14-8(2)7-9(15-11)16-13/h7,10H,6,13H2,1-5H3,(H,14,15,16). The summed E-state index contributed by atoms with van der Waals surface area (Å²) in [6, 6.07) is 1.80. The minimum atomic E-state index is -0.139. The van der Waals surface area contributed by atoms with Gasteiger partial charge in [-0.1, -0.05) is 20.8 Å². The average Bonchev–Trinajstić information content (AvgIpc) is 2.23. The third kappa shape index (κ3) is 3.64. The molecule has 0 amide bonds. The van der Waals surface area contributed by atoms with Crippen LogP contribution in [0.5, 0.6) is 0 Å². The number of hydrogen-bond acceptors (Lipinski definition) is 5. The van der Waals surface area contributed by atoms with Gasteiger partial charge >= 0.3 is 0 Å². The Morgan fingerprint density at radius 3 is 2.53 bits per heavy atom. The van der Waals surface area contributed by atoms with Crippen LogP contribution in [0.25, 0.3) is 0 Å². The van der Waals surface area contributed by atoms with E-state index in [0.717, 1.165) is 5.69 Å². The smallest absolute Gasteiger partial charge is 0.160 e. The van der Waals surface area contributed by atoms with E-state index >= 15 is 0 Å². The molecule has 0 aliphatic rings.